The lowest BCUT2D eigenvalue weighted by molar-refractivity contribution is -0.130. The number of rotatable bonds is 6. The highest BCUT2D eigenvalue weighted by atomic mass is 32.2. The molecule has 1 amide bonds. The van der Waals surface area contributed by atoms with Gasteiger partial charge in [0.1, 0.15) is 0 Å². The fourth-order valence-corrected chi connectivity index (χ4v) is 3.72. The molecule has 2 aromatic rings. The van der Waals surface area contributed by atoms with Gasteiger partial charge in [0, 0.05) is 18.2 Å². The maximum atomic E-state index is 12.3. The Morgan fingerprint density at radius 2 is 1.68 bits per heavy atom. The van der Waals surface area contributed by atoms with Gasteiger partial charge in [-0.25, -0.2) is 5.01 Å². The van der Waals surface area contributed by atoms with Gasteiger partial charge < -0.3 is 14.2 Å². The predicted octanol–water partition coefficient (Wildman–Crippen LogP) is 4.13. The van der Waals surface area contributed by atoms with Crippen LogP contribution in [0.4, 0.5) is 0 Å². The standard InChI is InChI=1S/C21H24N2O4S/c1-13(24)23-18(12-17(22-23)14-6-8-16(28-5)9-7-14)15-10-19(25-2)21(27-4)20(11-15)26-3/h6-11,18H,12H2,1-5H3. The number of carbonyl (C=O) groups is 1. The lowest BCUT2D eigenvalue weighted by Gasteiger charge is -2.22. The van der Waals surface area contributed by atoms with Crippen molar-refractivity contribution in [2.45, 2.75) is 24.3 Å². The van der Waals surface area contributed by atoms with Gasteiger partial charge in [-0.1, -0.05) is 12.1 Å². The Morgan fingerprint density at radius 3 is 2.14 bits per heavy atom. The number of hydrogen-bond acceptors (Lipinski definition) is 6. The lowest BCUT2D eigenvalue weighted by atomic mass is 9.97. The number of hydrazone groups is 1. The van der Waals surface area contributed by atoms with Crippen LogP contribution in [-0.4, -0.2) is 44.2 Å². The van der Waals surface area contributed by atoms with Crippen molar-refractivity contribution in [2.75, 3.05) is 27.6 Å². The second kappa shape index (κ2) is 8.56. The topological polar surface area (TPSA) is 60.4 Å². The molecule has 0 aromatic heterocycles. The third-order valence-electron chi connectivity index (χ3n) is 4.73. The molecule has 2 aromatic carbocycles. The minimum atomic E-state index is -0.235. The fourth-order valence-electron chi connectivity index (χ4n) is 3.31. The Kier molecular flexibility index (Phi) is 6.14. The molecular formula is C21H24N2O4S. The van der Waals surface area contributed by atoms with Crippen LogP contribution in [0.25, 0.3) is 0 Å². The maximum Gasteiger partial charge on any atom is 0.240 e. The zero-order valence-electron chi connectivity index (χ0n) is 16.7. The lowest BCUT2D eigenvalue weighted by Crippen LogP contribution is -2.24. The molecular weight excluding hydrogens is 376 g/mol. The quantitative estimate of drug-likeness (QED) is 0.683. The van der Waals surface area contributed by atoms with E-state index >= 15 is 0 Å². The number of nitrogens with zero attached hydrogens (tertiary/aromatic N) is 2. The summed E-state index contributed by atoms with van der Waals surface area (Å²) in [5.74, 6) is 1.51. The van der Waals surface area contributed by atoms with Crippen LogP contribution in [0.15, 0.2) is 46.4 Å². The van der Waals surface area contributed by atoms with Crippen molar-refractivity contribution in [3.8, 4) is 17.2 Å². The first-order valence-corrected chi connectivity index (χ1v) is 10.1. The van der Waals surface area contributed by atoms with Crippen LogP contribution >= 0.6 is 11.8 Å². The van der Waals surface area contributed by atoms with Gasteiger partial charge >= 0.3 is 0 Å². The molecule has 0 aliphatic carbocycles. The molecule has 148 valence electrons. The van der Waals surface area contributed by atoms with Gasteiger partial charge in [0.15, 0.2) is 11.5 Å². The summed E-state index contributed by atoms with van der Waals surface area (Å²) in [6.45, 7) is 1.52. The van der Waals surface area contributed by atoms with E-state index < -0.39 is 0 Å². The van der Waals surface area contributed by atoms with Crippen LogP contribution in [0.3, 0.4) is 0 Å². The van der Waals surface area contributed by atoms with Gasteiger partial charge in [-0.3, -0.25) is 4.79 Å². The fraction of sp³-hybridized carbons (Fsp3) is 0.333. The number of thioether (sulfide) groups is 1. The molecule has 7 heteroatoms. The molecule has 6 nitrogen and oxygen atoms in total. The van der Waals surface area contributed by atoms with Gasteiger partial charge in [0.25, 0.3) is 0 Å². The Morgan fingerprint density at radius 1 is 1.07 bits per heavy atom. The average molecular weight is 401 g/mol. The van der Waals surface area contributed by atoms with Gasteiger partial charge in [-0.05, 0) is 41.6 Å². The predicted molar refractivity (Wildman–Crippen MR) is 111 cm³/mol. The largest absolute Gasteiger partial charge is 0.493 e. The third-order valence-corrected chi connectivity index (χ3v) is 5.47. The molecule has 0 bridgehead atoms. The minimum Gasteiger partial charge on any atom is -0.493 e. The molecule has 0 fully saturated rings. The highest BCUT2D eigenvalue weighted by Crippen LogP contribution is 2.43. The number of hydrogen-bond donors (Lipinski definition) is 0. The van der Waals surface area contributed by atoms with Crippen molar-refractivity contribution in [3.05, 3.63) is 47.5 Å². The second-order valence-electron chi connectivity index (χ2n) is 6.32. The molecule has 0 N–H and O–H groups in total. The average Bonchev–Trinajstić information content (AvgIpc) is 3.18. The molecule has 0 saturated heterocycles. The molecule has 1 heterocycles. The molecule has 0 saturated carbocycles. The second-order valence-corrected chi connectivity index (χ2v) is 7.20. The summed E-state index contributed by atoms with van der Waals surface area (Å²) < 4.78 is 16.3. The molecule has 1 atom stereocenters. The molecule has 3 rings (SSSR count). The van der Waals surface area contributed by atoms with Crippen LogP contribution in [0.5, 0.6) is 17.2 Å². The number of benzene rings is 2. The van der Waals surface area contributed by atoms with Crippen molar-refractivity contribution in [1.82, 2.24) is 5.01 Å². The SMILES string of the molecule is COc1cc(C2CC(c3ccc(SC)cc3)=NN2C(C)=O)cc(OC)c1OC. The highest BCUT2D eigenvalue weighted by Gasteiger charge is 2.32. The Balaban J connectivity index is 1.99. The monoisotopic (exact) mass is 400 g/mol. The van der Waals surface area contributed by atoms with Crippen LogP contribution in [0.1, 0.15) is 30.5 Å². The number of carbonyl (C=O) groups excluding carboxylic acids is 1. The van der Waals surface area contributed by atoms with Crippen molar-refractivity contribution >= 4 is 23.4 Å². The van der Waals surface area contributed by atoms with Gasteiger partial charge in [0.05, 0.1) is 33.1 Å². The summed E-state index contributed by atoms with van der Waals surface area (Å²) >= 11 is 1.69. The van der Waals surface area contributed by atoms with Crippen molar-refractivity contribution in [1.29, 1.82) is 0 Å². The number of methoxy groups -OCH3 is 3. The first kappa shape index (κ1) is 20.1. The summed E-state index contributed by atoms with van der Waals surface area (Å²) in [7, 11) is 4.72. The Hall–Kier alpha value is -2.67. The van der Waals surface area contributed by atoms with Crippen molar-refractivity contribution < 1.29 is 19.0 Å². The Labute approximate surface area is 169 Å². The van der Waals surface area contributed by atoms with Gasteiger partial charge in [0.2, 0.25) is 11.7 Å². The van der Waals surface area contributed by atoms with Crippen LogP contribution in [-0.2, 0) is 4.79 Å². The number of ether oxygens (including phenoxy) is 3. The van der Waals surface area contributed by atoms with Crippen molar-refractivity contribution in [2.24, 2.45) is 5.10 Å². The first-order valence-electron chi connectivity index (χ1n) is 8.84. The summed E-state index contributed by atoms with van der Waals surface area (Å²) in [5.41, 5.74) is 2.77. The van der Waals surface area contributed by atoms with Gasteiger partial charge in [-0.15, -0.1) is 11.8 Å². The van der Waals surface area contributed by atoms with E-state index in [1.165, 1.54) is 16.8 Å². The van der Waals surface area contributed by atoms with Crippen LogP contribution in [0, 0.1) is 0 Å². The molecule has 0 spiro atoms. The summed E-state index contributed by atoms with van der Waals surface area (Å²) in [4.78, 5) is 13.5. The molecule has 1 aliphatic heterocycles. The molecule has 0 radical (unpaired) electrons. The summed E-state index contributed by atoms with van der Waals surface area (Å²) in [6.07, 6.45) is 2.65. The van der Waals surface area contributed by atoms with E-state index in [-0.39, 0.29) is 11.9 Å². The molecule has 1 unspecified atom stereocenters. The summed E-state index contributed by atoms with van der Waals surface area (Å²) in [6, 6.07) is 11.7. The minimum absolute atomic E-state index is 0.116. The highest BCUT2D eigenvalue weighted by molar-refractivity contribution is 7.98. The van der Waals surface area contributed by atoms with Gasteiger partial charge in [-0.2, -0.15) is 5.10 Å². The van der Waals surface area contributed by atoms with E-state index in [0.717, 1.165) is 16.8 Å². The van der Waals surface area contributed by atoms with Crippen LogP contribution < -0.4 is 14.2 Å². The smallest absolute Gasteiger partial charge is 0.240 e. The summed E-state index contributed by atoms with van der Waals surface area (Å²) in [5, 5.41) is 6.13. The zero-order valence-corrected chi connectivity index (χ0v) is 17.5. The van der Waals surface area contributed by atoms with E-state index in [0.29, 0.717) is 23.7 Å². The third kappa shape index (κ3) is 3.80. The number of amides is 1. The van der Waals surface area contributed by atoms with Crippen LogP contribution in [0.2, 0.25) is 0 Å². The molecule has 28 heavy (non-hydrogen) atoms. The van der Waals surface area contributed by atoms with E-state index in [9.17, 15) is 4.79 Å². The van der Waals surface area contributed by atoms with E-state index in [2.05, 4.69) is 17.2 Å². The normalized spacial score (nSPS) is 16.0. The van der Waals surface area contributed by atoms with E-state index in [1.807, 2.05) is 30.5 Å². The maximum absolute atomic E-state index is 12.3. The van der Waals surface area contributed by atoms with E-state index in [4.69, 9.17) is 14.2 Å². The molecule has 1 aliphatic rings. The van der Waals surface area contributed by atoms with Crippen molar-refractivity contribution in [3.63, 3.8) is 0 Å². The zero-order chi connectivity index (χ0) is 20.3. The first-order chi connectivity index (χ1) is 13.5. The Bertz CT molecular complexity index is 871. The van der Waals surface area contributed by atoms with E-state index in [1.54, 1.807) is 33.1 Å².